The van der Waals surface area contributed by atoms with Gasteiger partial charge in [0.15, 0.2) is 6.61 Å². The lowest BCUT2D eigenvalue weighted by molar-refractivity contribution is -0.155. The number of hydrogen-bond acceptors (Lipinski definition) is 7. The summed E-state index contributed by atoms with van der Waals surface area (Å²) < 4.78 is 10.6. The summed E-state index contributed by atoms with van der Waals surface area (Å²) in [7, 11) is 0. The fourth-order valence-electron chi connectivity index (χ4n) is 2.80. The number of aromatic nitrogens is 1. The minimum absolute atomic E-state index is 0.164. The molecule has 0 saturated carbocycles. The fourth-order valence-corrected chi connectivity index (χ4v) is 3.77. The normalized spacial score (nSPS) is 23.2. The molecule has 2 aromatic rings. The van der Waals surface area contributed by atoms with E-state index in [0.717, 1.165) is 16.9 Å². The Labute approximate surface area is 160 Å². The van der Waals surface area contributed by atoms with E-state index in [1.807, 2.05) is 36.9 Å². The number of hydrogen-bond donors (Lipinski definition) is 0. The molecule has 1 aromatic heterocycles. The molecule has 0 amide bonds. The molecule has 0 aliphatic carbocycles. The first kappa shape index (κ1) is 19.1. The molecule has 1 aliphatic rings. The Balaban J connectivity index is 1.68. The quantitative estimate of drug-likeness (QED) is 0.423. The topological polar surface area (TPSA) is 74.7 Å². The van der Waals surface area contributed by atoms with Crippen LogP contribution in [0.1, 0.15) is 12.5 Å². The van der Waals surface area contributed by atoms with Crippen molar-refractivity contribution in [3.05, 3.63) is 45.6 Å². The molecular formula is C17H20ClN3O4S. The Bertz CT molecular complexity index is 787. The number of esters is 1. The van der Waals surface area contributed by atoms with Gasteiger partial charge in [0, 0.05) is 6.54 Å². The average Bonchev–Trinajstić information content (AvgIpc) is 3.19. The number of carbonyl (C=O) groups is 1. The van der Waals surface area contributed by atoms with Crippen molar-refractivity contribution in [2.24, 2.45) is 0 Å². The van der Waals surface area contributed by atoms with Gasteiger partial charge >= 0.3 is 5.97 Å². The summed E-state index contributed by atoms with van der Waals surface area (Å²) in [4.78, 5) is 18.3. The molecule has 26 heavy (non-hydrogen) atoms. The fraction of sp³-hybridized carbons (Fsp3) is 0.412. The number of halogens is 1. The molecule has 1 aliphatic heterocycles. The predicted molar refractivity (Wildman–Crippen MR) is 101 cm³/mol. The number of ether oxygens (including phenoxy) is 2. The van der Waals surface area contributed by atoms with Crippen molar-refractivity contribution in [3.63, 3.8) is 0 Å². The molecule has 7 nitrogen and oxygen atoms in total. The van der Waals surface area contributed by atoms with Gasteiger partial charge in [0.05, 0.1) is 12.7 Å². The molecule has 1 saturated heterocycles. The number of para-hydroxylation sites is 1. The molecular weight excluding hydrogens is 378 g/mol. The van der Waals surface area contributed by atoms with E-state index >= 15 is 0 Å². The number of quaternary nitrogens is 1. The molecule has 0 radical (unpaired) electrons. The van der Waals surface area contributed by atoms with E-state index in [1.54, 1.807) is 6.07 Å². The number of likely N-dealkylation sites (N-methyl/N-ethyl adjacent to an activating group) is 1. The predicted octanol–water partition coefficient (Wildman–Crippen LogP) is 3.15. The highest BCUT2D eigenvalue weighted by molar-refractivity contribution is 7.19. The molecule has 0 N–H and O–H groups in total. The third-order valence-corrected chi connectivity index (χ3v) is 5.46. The average molecular weight is 398 g/mol. The third-order valence-electron chi connectivity index (χ3n) is 4.23. The van der Waals surface area contributed by atoms with Gasteiger partial charge in [-0.1, -0.05) is 36.7 Å². The summed E-state index contributed by atoms with van der Waals surface area (Å²) in [5, 5.41) is 13.6. The van der Waals surface area contributed by atoms with E-state index in [9.17, 15) is 10.0 Å². The van der Waals surface area contributed by atoms with Gasteiger partial charge in [-0.3, -0.25) is 4.65 Å². The molecule has 0 bridgehead atoms. The molecule has 2 heterocycles. The van der Waals surface area contributed by atoms with Gasteiger partial charge in [0.1, 0.15) is 16.8 Å². The summed E-state index contributed by atoms with van der Waals surface area (Å²) in [6.45, 7) is 4.76. The second-order valence-corrected chi connectivity index (χ2v) is 7.69. The van der Waals surface area contributed by atoms with Crippen LogP contribution in [0.4, 0.5) is 5.13 Å². The summed E-state index contributed by atoms with van der Waals surface area (Å²) >= 11 is 7.03. The first-order valence-electron chi connectivity index (χ1n) is 8.23. The summed E-state index contributed by atoms with van der Waals surface area (Å²) in [5.41, 5.74) is 0.921. The van der Waals surface area contributed by atoms with Gasteiger partial charge in [0.2, 0.25) is 0 Å². The first-order valence-corrected chi connectivity index (χ1v) is 9.42. The molecule has 2 unspecified atom stereocenters. The maximum atomic E-state index is 13.3. The van der Waals surface area contributed by atoms with E-state index in [0.29, 0.717) is 23.2 Å². The van der Waals surface area contributed by atoms with Gasteiger partial charge in [-0.15, -0.1) is 0 Å². The Hall–Kier alpha value is -1.71. The number of thiazole rings is 1. The zero-order valence-corrected chi connectivity index (χ0v) is 16.1. The van der Waals surface area contributed by atoms with Crippen LogP contribution in [0.2, 0.25) is 4.34 Å². The lowest BCUT2D eigenvalue weighted by Crippen LogP contribution is -2.51. The van der Waals surface area contributed by atoms with Crippen molar-refractivity contribution >= 4 is 34.0 Å². The molecule has 2 atom stereocenters. The van der Waals surface area contributed by atoms with Crippen molar-refractivity contribution in [1.29, 1.82) is 0 Å². The van der Waals surface area contributed by atoms with Gasteiger partial charge in [-0.05, 0) is 29.9 Å². The van der Waals surface area contributed by atoms with Crippen LogP contribution in [0.15, 0.2) is 30.5 Å². The number of hydroxylamine groups is 2. The Kier molecular flexibility index (Phi) is 5.79. The van der Waals surface area contributed by atoms with Crippen molar-refractivity contribution in [2.75, 3.05) is 26.4 Å². The van der Waals surface area contributed by atoms with Crippen LogP contribution in [0.3, 0.4) is 0 Å². The van der Waals surface area contributed by atoms with Crippen LogP contribution in [0.25, 0.3) is 0 Å². The monoisotopic (exact) mass is 397 g/mol. The van der Waals surface area contributed by atoms with Gasteiger partial charge in [0.25, 0.3) is 11.4 Å². The Morgan fingerprint density at radius 2 is 2.27 bits per heavy atom. The number of rotatable bonds is 6. The van der Waals surface area contributed by atoms with Gasteiger partial charge < -0.3 is 14.7 Å². The van der Waals surface area contributed by atoms with Crippen LogP contribution in [-0.2, 0) is 9.53 Å². The molecule has 0 spiro atoms. The SMILES string of the molecule is CCN1CC(OC(=O)COc2ccccc2C)[N+]([O-])(c2ncc(Cl)s2)C1. The van der Waals surface area contributed by atoms with E-state index in [-0.39, 0.29) is 18.4 Å². The van der Waals surface area contributed by atoms with Gasteiger partial charge in [-0.25, -0.2) is 9.69 Å². The number of nitrogens with zero attached hydrogens (tertiary/aromatic N) is 3. The Morgan fingerprint density at radius 3 is 2.92 bits per heavy atom. The number of aryl methyl sites for hydroxylation is 1. The van der Waals surface area contributed by atoms with Crippen LogP contribution < -0.4 is 9.38 Å². The second kappa shape index (κ2) is 7.89. The molecule has 9 heteroatoms. The zero-order chi connectivity index (χ0) is 18.7. The summed E-state index contributed by atoms with van der Waals surface area (Å²) in [6.07, 6.45) is 0.541. The van der Waals surface area contributed by atoms with Crippen molar-refractivity contribution in [2.45, 2.75) is 20.1 Å². The largest absolute Gasteiger partial charge is 0.622 e. The van der Waals surface area contributed by atoms with E-state index in [4.69, 9.17) is 21.1 Å². The lowest BCUT2D eigenvalue weighted by Gasteiger charge is -2.38. The van der Waals surface area contributed by atoms with E-state index in [1.165, 1.54) is 6.20 Å². The smallest absolute Gasteiger partial charge is 0.348 e. The Morgan fingerprint density at radius 1 is 1.50 bits per heavy atom. The minimum atomic E-state index is -0.898. The molecule has 1 aromatic carbocycles. The summed E-state index contributed by atoms with van der Waals surface area (Å²) in [6, 6.07) is 7.39. The van der Waals surface area contributed by atoms with Crippen LogP contribution in [-0.4, -0.2) is 48.4 Å². The van der Waals surface area contributed by atoms with E-state index in [2.05, 4.69) is 4.98 Å². The zero-order valence-electron chi connectivity index (χ0n) is 14.6. The van der Waals surface area contributed by atoms with Crippen molar-refractivity contribution in [3.8, 4) is 5.75 Å². The standard InChI is InChI=1S/C17H20ClN3O4S/c1-3-20-9-15(21(23,11-20)17-19-8-14(18)26-17)25-16(22)10-24-13-7-5-4-6-12(13)2/h4-8,15H,3,9-11H2,1-2H3. The molecule has 3 rings (SSSR count). The highest BCUT2D eigenvalue weighted by Gasteiger charge is 2.45. The number of benzene rings is 1. The van der Waals surface area contributed by atoms with Crippen molar-refractivity contribution < 1.29 is 14.3 Å². The van der Waals surface area contributed by atoms with Crippen LogP contribution in [0.5, 0.6) is 5.75 Å². The van der Waals surface area contributed by atoms with Crippen LogP contribution >= 0.6 is 22.9 Å². The third kappa shape index (κ3) is 3.99. The number of carbonyl (C=O) groups excluding carboxylic acids is 1. The van der Waals surface area contributed by atoms with Crippen molar-refractivity contribution in [1.82, 2.24) is 14.5 Å². The maximum Gasteiger partial charge on any atom is 0.348 e. The molecule has 140 valence electrons. The second-order valence-electron chi connectivity index (χ2n) is 6.05. The lowest BCUT2D eigenvalue weighted by atomic mass is 10.2. The maximum absolute atomic E-state index is 13.3. The van der Waals surface area contributed by atoms with E-state index < -0.39 is 16.8 Å². The first-order chi connectivity index (χ1) is 12.4. The highest BCUT2D eigenvalue weighted by Crippen LogP contribution is 2.36. The molecule has 1 fully saturated rings. The highest BCUT2D eigenvalue weighted by atomic mass is 35.5. The summed E-state index contributed by atoms with van der Waals surface area (Å²) in [5.74, 6) is 0.0258. The van der Waals surface area contributed by atoms with Gasteiger partial charge in [-0.2, -0.15) is 4.98 Å². The minimum Gasteiger partial charge on any atom is -0.622 e. The van der Waals surface area contributed by atoms with Crippen LogP contribution in [0, 0.1) is 12.1 Å².